The molecule has 0 spiro atoms. The molecule has 9 nitrogen and oxygen atoms in total. The second-order valence-corrected chi connectivity index (χ2v) is 9.65. The molecule has 0 radical (unpaired) electrons. The number of hydrogen-bond acceptors (Lipinski definition) is 6. The highest BCUT2D eigenvalue weighted by Gasteiger charge is 2.27. The Morgan fingerprint density at radius 3 is 2.43 bits per heavy atom. The summed E-state index contributed by atoms with van der Waals surface area (Å²) >= 11 is 12.1. The summed E-state index contributed by atoms with van der Waals surface area (Å²) in [5.74, 6) is -0.690. The molecule has 2 heterocycles. The zero-order valence-corrected chi connectivity index (χ0v) is 21.7. The molecule has 1 amide bonds. The van der Waals surface area contributed by atoms with Crippen LogP contribution in [0.1, 0.15) is 5.56 Å². The van der Waals surface area contributed by atoms with Crippen LogP contribution in [0.3, 0.4) is 0 Å². The van der Waals surface area contributed by atoms with Crippen molar-refractivity contribution in [2.45, 2.75) is 17.3 Å². The van der Waals surface area contributed by atoms with Crippen molar-refractivity contribution >= 4 is 57.7 Å². The van der Waals surface area contributed by atoms with E-state index >= 15 is 0 Å². The third-order valence-corrected chi connectivity index (χ3v) is 6.73. The number of alkyl halides is 3. The maximum atomic E-state index is 13.0. The van der Waals surface area contributed by atoms with Gasteiger partial charge in [0.1, 0.15) is 5.75 Å². The lowest BCUT2D eigenvalue weighted by Gasteiger charge is -2.12. The number of nitrogens with one attached hydrogen (secondary N) is 1. The van der Waals surface area contributed by atoms with Crippen LogP contribution in [0.5, 0.6) is 5.75 Å². The smallest absolute Gasteiger partial charge is 0.420 e. The van der Waals surface area contributed by atoms with E-state index in [-0.39, 0.29) is 29.2 Å². The van der Waals surface area contributed by atoms with Gasteiger partial charge in [-0.2, -0.15) is 0 Å². The van der Waals surface area contributed by atoms with Crippen molar-refractivity contribution in [1.29, 1.82) is 0 Å². The number of amides is 1. The first-order valence-corrected chi connectivity index (χ1v) is 12.4. The van der Waals surface area contributed by atoms with Crippen LogP contribution in [-0.4, -0.2) is 35.9 Å². The molecule has 4 rings (SSSR count). The molecule has 2 aromatic heterocycles. The van der Waals surface area contributed by atoms with Crippen LogP contribution < -0.4 is 21.3 Å². The number of carbonyl (C=O) groups excluding carboxylic acids is 1. The van der Waals surface area contributed by atoms with E-state index in [1.807, 2.05) is 0 Å². The van der Waals surface area contributed by atoms with Crippen LogP contribution >= 0.6 is 35.0 Å². The van der Waals surface area contributed by atoms with Gasteiger partial charge in [-0.3, -0.25) is 18.7 Å². The third kappa shape index (κ3) is 5.97. The second-order valence-electron chi connectivity index (χ2n) is 7.86. The quantitative estimate of drug-likeness (QED) is 0.254. The zero-order valence-electron chi connectivity index (χ0n) is 19.4. The molecule has 1 N–H and O–H groups in total. The van der Waals surface area contributed by atoms with Crippen LogP contribution in [0.25, 0.3) is 11.2 Å². The van der Waals surface area contributed by atoms with Crippen LogP contribution in [0, 0.1) is 0 Å². The van der Waals surface area contributed by atoms with Crippen LogP contribution in [0.4, 0.5) is 14.5 Å². The summed E-state index contributed by atoms with van der Waals surface area (Å²) < 4.78 is 33.6. The molecule has 0 bridgehead atoms. The van der Waals surface area contributed by atoms with E-state index in [1.165, 1.54) is 42.9 Å². The molecular weight excluding hydrogens is 551 g/mol. The standard InChI is InChI=1S/C23H19Cl2F2N5O4S/c1-30-19-18(20(34)31(2)22(30)35)32(11-13-5-3-4-6-16(13)24)21(29-19)37-12-17(33)28-14-7-9-15(10-8-14)36-23(25,26)27/h3-10H,11-12H2,1-2H3,(H,28,33). The fraction of sp³-hybridized carbons (Fsp3) is 0.217. The highest BCUT2D eigenvalue weighted by atomic mass is 35.5. The summed E-state index contributed by atoms with van der Waals surface area (Å²) in [7, 11) is 2.88. The fourth-order valence-electron chi connectivity index (χ4n) is 3.55. The zero-order chi connectivity index (χ0) is 26.9. The molecule has 0 saturated heterocycles. The largest absolute Gasteiger partial charge is 0.487 e. The minimum absolute atomic E-state index is 0.0991. The molecule has 0 aliphatic heterocycles. The normalized spacial score (nSPS) is 11.6. The highest BCUT2D eigenvalue weighted by Crippen LogP contribution is 2.27. The topological polar surface area (TPSA) is 100 Å². The lowest BCUT2D eigenvalue weighted by molar-refractivity contribution is -0.113. The lowest BCUT2D eigenvalue weighted by atomic mass is 10.2. The number of thioether (sulfide) groups is 1. The first-order valence-electron chi connectivity index (χ1n) is 10.6. The Hall–Kier alpha value is -3.35. The SMILES string of the molecule is Cn1c(=O)c2c(nc(SCC(=O)Nc3ccc(OC(F)(F)Cl)cc3)n2Cc2ccccc2Cl)n(C)c1=O. The van der Waals surface area contributed by atoms with E-state index < -0.39 is 22.7 Å². The molecule has 194 valence electrons. The average molecular weight is 570 g/mol. The molecule has 2 aromatic carbocycles. The summed E-state index contributed by atoms with van der Waals surface area (Å²) in [5, 5.41) is 3.46. The summed E-state index contributed by atoms with van der Waals surface area (Å²) in [5.41, 5.74) is -3.48. The highest BCUT2D eigenvalue weighted by molar-refractivity contribution is 7.99. The molecule has 14 heteroatoms. The Balaban J connectivity index is 1.60. The number of aromatic nitrogens is 4. The maximum absolute atomic E-state index is 13.0. The number of benzene rings is 2. The average Bonchev–Trinajstić information content (AvgIpc) is 3.20. The van der Waals surface area contributed by atoms with Gasteiger partial charge >= 0.3 is 11.3 Å². The number of halogens is 4. The van der Waals surface area contributed by atoms with Crippen molar-refractivity contribution < 1.29 is 18.3 Å². The van der Waals surface area contributed by atoms with Crippen molar-refractivity contribution in [1.82, 2.24) is 18.7 Å². The Morgan fingerprint density at radius 2 is 1.78 bits per heavy atom. The van der Waals surface area contributed by atoms with E-state index in [1.54, 1.807) is 28.8 Å². The molecule has 0 saturated carbocycles. The van der Waals surface area contributed by atoms with Crippen LogP contribution in [0.2, 0.25) is 5.02 Å². The van der Waals surface area contributed by atoms with Gasteiger partial charge in [0, 0.05) is 36.4 Å². The van der Waals surface area contributed by atoms with Gasteiger partial charge in [-0.15, -0.1) is 8.78 Å². The number of fused-ring (bicyclic) bond motifs is 1. The minimum atomic E-state index is -3.85. The van der Waals surface area contributed by atoms with Gasteiger partial charge in [-0.25, -0.2) is 9.78 Å². The molecule has 37 heavy (non-hydrogen) atoms. The van der Waals surface area contributed by atoms with Gasteiger partial charge in [0.05, 0.1) is 12.3 Å². The van der Waals surface area contributed by atoms with E-state index in [0.717, 1.165) is 21.9 Å². The number of rotatable bonds is 8. The van der Waals surface area contributed by atoms with Crippen molar-refractivity contribution in [2.75, 3.05) is 11.1 Å². The molecule has 0 fully saturated rings. The Morgan fingerprint density at radius 1 is 1.11 bits per heavy atom. The monoisotopic (exact) mass is 569 g/mol. The minimum Gasteiger partial charge on any atom is -0.420 e. The number of aryl methyl sites for hydroxylation is 1. The maximum Gasteiger partial charge on any atom is 0.487 e. The summed E-state index contributed by atoms with van der Waals surface area (Å²) in [6.45, 7) is 0.181. The molecule has 0 unspecified atom stereocenters. The van der Waals surface area contributed by atoms with E-state index in [9.17, 15) is 23.2 Å². The fourth-order valence-corrected chi connectivity index (χ4v) is 4.63. The lowest BCUT2D eigenvalue weighted by Crippen LogP contribution is -2.37. The number of carbonyl (C=O) groups is 1. The van der Waals surface area contributed by atoms with Gasteiger partial charge in [-0.1, -0.05) is 41.6 Å². The van der Waals surface area contributed by atoms with Crippen molar-refractivity contribution in [2.24, 2.45) is 14.1 Å². The van der Waals surface area contributed by atoms with Crippen molar-refractivity contribution in [3.05, 3.63) is 80.0 Å². The molecule has 0 aliphatic carbocycles. The molecule has 0 atom stereocenters. The van der Waals surface area contributed by atoms with Gasteiger partial charge in [0.15, 0.2) is 16.3 Å². The number of hydrogen-bond donors (Lipinski definition) is 1. The van der Waals surface area contributed by atoms with E-state index in [4.69, 9.17) is 23.2 Å². The third-order valence-electron chi connectivity index (χ3n) is 5.30. The summed E-state index contributed by atoms with van der Waals surface area (Å²) in [6, 6.07) is 12.3. The predicted octanol–water partition coefficient (Wildman–Crippen LogP) is 4.03. The van der Waals surface area contributed by atoms with Crippen molar-refractivity contribution in [3.63, 3.8) is 0 Å². The van der Waals surface area contributed by atoms with E-state index in [2.05, 4.69) is 15.0 Å². The number of nitrogens with zero attached hydrogens (tertiary/aromatic N) is 4. The molecule has 4 aromatic rings. The first-order chi connectivity index (χ1) is 17.4. The summed E-state index contributed by atoms with van der Waals surface area (Å²) in [4.78, 5) is 42.5. The first kappa shape index (κ1) is 26.7. The summed E-state index contributed by atoms with van der Waals surface area (Å²) in [6.07, 6.45) is 0. The number of ether oxygens (including phenoxy) is 1. The predicted molar refractivity (Wildman–Crippen MR) is 138 cm³/mol. The molecular formula is C23H19Cl2F2N5O4S. The van der Waals surface area contributed by atoms with Gasteiger partial charge < -0.3 is 14.6 Å². The second kappa shape index (κ2) is 10.6. The van der Waals surface area contributed by atoms with Gasteiger partial charge in [-0.05, 0) is 35.9 Å². The Kier molecular flexibility index (Phi) is 7.62. The van der Waals surface area contributed by atoms with Crippen LogP contribution in [-0.2, 0) is 25.4 Å². The number of imidazole rings is 1. The molecule has 0 aliphatic rings. The Bertz CT molecular complexity index is 1600. The Labute approximate surface area is 222 Å². The van der Waals surface area contributed by atoms with E-state index in [0.29, 0.717) is 15.9 Å². The van der Waals surface area contributed by atoms with Gasteiger partial charge in [0.2, 0.25) is 5.91 Å². The van der Waals surface area contributed by atoms with Crippen molar-refractivity contribution in [3.8, 4) is 5.75 Å². The van der Waals surface area contributed by atoms with Crippen LogP contribution in [0.15, 0.2) is 63.3 Å². The number of anilines is 1. The van der Waals surface area contributed by atoms with Gasteiger partial charge in [0.25, 0.3) is 5.56 Å².